The Hall–Kier alpha value is -0.800. The summed E-state index contributed by atoms with van der Waals surface area (Å²) in [5, 5.41) is 0.286. The first-order valence-electron chi connectivity index (χ1n) is 5.82. The van der Waals surface area contributed by atoms with Crippen molar-refractivity contribution < 1.29 is 9.18 Å². The molecule has 18 heavy (non-hydrogen) atoms. The number of unbranched alkanes of at least 4 members (excludes halogenated alkanes) is 2. The predicted molar refractivity (Wildman–Crippen MR) is 72.9 cm³/mol. The number of benzene rings is 1. The Morgan fingerprint density at radius 1 is 1.33 bits per heavy atom. The van der Waals surface area contributed by atoms with Gasteiger partial charge in [0.2, 0.25) is 0 Å². The Labute approximate surface area is 117 Å². The lowest BCUT2D eigenvalue weighted by Crippen LogP contribution is -2.28. The van der Waals surface area contributed by atoms with Gasteiger partial charge in [-0.25, -0.2) is 4.39 Å². The van der Waals surface area contributed by atoms with E-state index in [1.165, 1.54) is 17.0 Å². The highest BCUT2D eigenvalue weighted by molar-refractivity contribution is 6.30. The van der Waals surface area contributed by atoms with Crippen LogP contribution in [0.2, 0.25) is 5.02 Å². The molecule has 0 saturated heterocycles. The average molecular weight is 292 g/mol. The van der Waals surface area contributed by atoms with Crippen LogP contribution < -0.4 is 0 Å². The van der Waals surface area contributed by atoms with E-state index in [2.05, 4.69) is 0 Å². The van der Waals surface area contributed by atoms with Crippen molar-refractivity contribution in [1.82, 2.24) is 4.90 Å². The van der Waals surface area contributed by atoms with Crippen molar-refractivity contribution in [2.75, 3.05) is 19.5 Å². The van der Waals surface area contributed by atoms with Gasteiger partial charge in [0.15, 0.2) is 0 Å². The van der Waals surface area contributed by atoms with Crippen LogP contribution in [-0.4, -0.2) is 30.3 Å². The summed E-state index contributed by atoms with van der Waals surface area (Å²) < 4.78 is 13.6. The lowest BCUT2D eigenvalue weighted by atomic mass is 10.1. The molecule has 2 nitrogen and oxygen atoms in total. The topological polar surface area (TPSA) is 20.3 Å². The van der Waals surface area contributed by atoms with E-state index in [1.54, 1.807) is 7.05 Å². The summed E-state index contributed by atoms with van der Waals surface area (Å²) in [6.45, 7) is 0.595. The molecule has 5 heteroatoms. The molecule has 0 heterocycles. The van der Waals surface area contributed by atoms with E-state index in [0.29, 0.717) is 12.4 Å². The third kappa shape index (κ3) is 4.46. The summed E-state index contributed by atoms with van der Waals surface area (Å²) in [6.07, 6.45) is 2.76. The molecule has 0 radical (unpaired) electrons. The number of rotatable bonds is 6. The molecule has 0 aliphatic carbocycles. The second kappa shape index (κ2) is 7.59. The normalized spacial score (nSPS) is 10.4. The van der Waals surface area contributed by atoms with Crippen molar-refractivity contribution >= 4 is 29.1 Å². The van der Waals surface area contributed by atoms with E-state index in [0.717, 1.165) is 25.3 Å². The Morgan fingerprint density at radius 3 is 2.67 bits per heavy atom. The van der Waals surface area contributed by atoms with Crippen molar-refractivity contribution in [1.29, 1.82) is 0 Å². The maximum absolute atomic E-state index is 13.6. The fraction of sp³-hybridized carbons (Fsp3) is 0.462. The lowest BCUT2D eigenvalue weighted by Gasteiger charge is -2.17. The third-order valence-corrected chi connectivity index (χ3v) is 3.14. The molecule has 0 fully saturated rings. The monoisotopic (exact) mass is 291 g/mol. The van der Waals surface area contributed by atoms with Gasteiger partial charge < -0.3 is 4.90 Å². The third-order valence-electron chi connectivity index (χ3n) is 2.64. The SMILES string of the molecule is CN(CCCCCCl)C(=O)c1ccc(Cl)cc1F. The first-order valence-corrected chi connectivity index (χ1v) is 6.74. The van der Waals surface area contributed by atoms with Crippen LogP contribution in [0.1, 0.15) is 29.6 Å². The number of carbonyl (C=O) groups is 1. The van der Waals surface area contributed by atoms with E-state index >= 15 is 0 Å². The molecule has 0 bridgehead atoms. The van der Waals surface area contributed by atoms with Gasteiger partial charge >= 0.3 is 0 Å². The largest absolute Gasteiger partial charge is 0.342 e. The summed E-state index contributed by atoms with van der Waals surface area (Å²) in [4.78, 5) is 13.5. The Balaban J connectivity index is 2.57. The van der Waals surface area contributed by atoms with Crippen LogP contribution in [0.4, 0.5) is 4.39 Å². The highest BCUT2D eigenvalue weighted by atomic mass is 35.5. The molecule has 0 unspecified atom stereocenters. The lowest BCUT2D eigenvalue weighted by molar-refractivity contribution is 0.0788. The molecule has 1 rings (SSSR count). The first kappa shape index (κ1) is 15.3. The molecular formula is C13H16Cl2FNO. The minimum Gasteiger partial charge on any atom is -0.342 e. The highest BCUT2D eigenvalue weighted by Gasteiger charge is 2.15. The number of halogens is 3. The Kier molecular flexibility index (Phi) is 6.44. The number of hydrogen-bond acceptors (Lipinski definition) is 1. The summed E-state index contributed by atoms with van der Waals surface area (Å²) in [6, 6.07) is 4.07. The van der Waals surface area contributed by atoms with Gasteiger partial charge in [-0.05, 0) is 31.0 Å². The van der Waals surface area contributed by atoms with Crippen LogP contribution in [0.3, 0.4) is 0 Å². The van der Waals surface area contributed by atoms with Crippen LogP contribution in [0, 0.1) is 5.82 Å². The van der Waals surface area contributed by atoms with Gasteiger partial charge in [-0.1, -0.05) is 18.0 Å². The zero-order chi connectivity index (χ0) is 13.5. The van der Waals surface area contributed by atoms with Crippen LogP contribution in [0.15, 0.2) is 18.2 Å². The summed E-state index contributed by atoms with van der Waals surface area (Å²) in [7, 11) is 1.66. The standard InChI is InChI=1S/C13H16Cl2FNO/c1-17(8-4-2-3-7-14)13(18)11-6-5-10(15)9-12(11)16/h5-6,9H,2-4,7-8H2,1H3. The van der Waals surface area contributed by atoms with Crippen LogP contribution in [0.5, 0.6) is 0 Å². The minimum absolute atomic E-state index is 0.0549. The van der Waals surface area contributed by atoms with Crippen molar-refractivity contribution in [2.45, 2.75) is 19.3 Å². The fourth-order valence-corrected chi connectivity index (χ4v) is 1.94. The quantitative estimate of drug-likeness (QED) is 0.574. The van der Waals surface area contributed by atoms with Gasteiger partial charge in [-0.2, -0.15) is 0 Å². The molecule has 100 valence electrons. The van der Waals surface area contributed by atoms with E-state index in [4.69, 9.17) is 23.2 Å². The highest BCUT2D eigenvalue weighted by Crippen LogP contribution is 2.16. The van der Waals surface area contributed by atoms with E-state index in [1.807, 2.05) is 0 Å². The van der Waals surface area contributed by atoms with E-state index in [9.17, 15) is 9.18 Å². The summed E-state index contributed by atoms with van der Waals surface area (Å²) in [5.74, 6) is -0.279. The second-order valence-electron chi connectivity index (χ2n) is 4.10. The average Bonchev–Trinajstić information content (AvgIpc) is 2.33. The molecule has 0 aliphatic rings. The van der Waals surface area contributed by atoms with Gasteiger partial charge in [0.05, 0.1) is 5.56 Å². The Bertz CT molecular complexity index is 412. The van der Waals surface area contributed by atoms with Gasteiger partial charge in [-0.3, -0.25) is 4.79 Å². The van der Waals surface area contributed by atoms with E-state index in [-0.39, 0.29) is 16.5 Å². The van der Waals surface area contributed by atoms with Gasteiger partial charge in [-0.15, -0.1) is 11.6 Å². The predicted octanol–water partition coefficient (Wildman–Crippen LogP) is 3.96. The van der Waals surface area contributed by atoms with Crippen LogP contribution >= 0.6 is 23.2 Å². The Morgan fingerprint density at radius 2 is 2.06 bits per heavy atom. The molecule has 0 N–H and O–H groups in total. The van der Waals surface area contributed by atoms with Crippen LogP contribution in [0.25, 0.3) is 0 Å². The number of carbonyl (C=O) groups excluding carboxylic acids is 1. The van der Waals surface area contributed by atoms with Crippen molar-refractivity contribution in [3.8, 4) is 0 Å². The maximum atomic E-state index is 13.6. The fourth-order valence-electron chi connectivity index (χ4n) is 1.59. The van der Waals surface area contributed by atoms with Gasteiger partial charge in [0.25, 0.3) is 5.91 Å². The zero-order valence-electron chi connectivity index (χ0n) is 10.3. The number of alkyl halides is 1. The molecule has 0 atom stereocenters. The molecule has 0 spiro atoms. The smallest absolute Gasteiger partial charge is 0.256 e. The number of hydrogen-bond donors (Lipinski definition) is 0. The summed E-state index contributed by atoms with van der Waals surface area (Å²) in [5.41, 5.74) is 0.0549. The van der Waals surface area contributed by atoms with Crippen molar-refractivity contribution in [2.24, 2.45) is 0 Å². The summed E-state index contributed by atoms with van der Waals surface area (Å²) >= 11 is 11.2. The minimum atomic E-state index is -0.583. The second-order valence-corrected chi connectivity index (χ2v) is 4.91. The molecule has 1 amide bonds. The molecule has 0 aliphatic heterocycles. The number of amides is 1. The van der Waals surface area contributed by atoms with Crippen molar-refractivity contribution in [3.05, 3.63) is 34.6 Å². The van der Waals surface area contributed by atoms with Crippen molar-refractivity contribution in [3.63, 3.8) is 0 Å². The first-order chi connectivity index (χ1) is 8.56. The van der Waals surface area contributed by atoms with Gasteiger partial charge in [0, 0.05) is 24.5 Å². The maximum Gasteiger partial charge on any atom is 0.256 e. The van der Waals surface area contributed by atoms with Crippen LogP contribution in [-0.2, 0) is 0 Å². The molecule has 1 aromatic rings. The molecular weight excluding hydrogens is 276 g/mol. The number of nitrogens with zero attached hydrogens (tertiary/aromatic N) is 1. The molecule has 0 aromatic heterocycles. The zero-order valence-corrected chi connectivity index (χ0v) is 11.8. The molecule has 1 aromatic carbocycles. The van der Waals surface area contributed by atoms with E-state index < -0.39 is 5.82 Å². The van der Waals surface area contributed by atoms with Gasteiger partial charge in [0.1, 0.15) is 5.82 Å². The molecule has 0 saturated carbocycles.